The van der Waals surface area contributed by atoms with Gasteiger partial charge in [-0.3, -0.25) is 0 Å². The van der Waals surface area contributed by atoms with E-state index in [4.69, 9.17) is 14.2 Å². The number of carbonyl (C=O) groups excluding carboxylic acids is 1. The van der Waals surface area contributed by atoms with Gasteiger partial charge in [0, 0.05) is 6.20 Å². The van der Waals surface area contributed by atoms with E-state index in [-0.39, 0.29) is 6.61 Å². The molecule has 1 aromatic carbocycles. The second kappa shape index (κ2) is 7.28. The minimum atomic E-state index is -0.456. The topological polar surface area (TPSA) is 57.7 Å². The van der Waals surface area contributed by atoms with Gasteiger partial charge >= 0.3 is 5.97 Å². The molecule has 0 unspecified atom stereocenters. The van der Waals surface area contributed by atoms with Gasteiger partial charge in [0.1, 0.15) is 17.9 Å². The fourth-order valence-corrected chi connectivity index (χ4v) is 1.75. The maximum absolute atomic E-state index is 12.1. The first-order valence-corrected chi connectivity index (χ1v) is 6.62. The Labute approximate surface area is 123 Å². The Morgan fingerprint density at radius 3 is 2.62 bits per heavy atom. The summed E-state index contributed by atoms with van der Waals surface area (Å²) in [6.45, 7) is 2.46. The number of aromatic nitrogens is 1. The van der Waals surface area contributed by atoms with Crippen LogP contribution in [0.3, 0.4) is 0 Å². The summed E-state index contributed by atoms with van der Waals surface area (Å²) in [6, 6.07) is 10.6. The van der Waals surface area contributed by atoms with Crippen molar-refractivity contribution in [2.24, 2.45) is 0 Å². The van der Waals surface area contributed by atoms with Crippen LogP contribution < -0.4 is 9.47 Å². The smallest absolute Gasteiger partial charge is 0.343 e. The molecule has 0 saturated carbocycles. The lowest BCUT2D eigenvalue weighted by Gasteiger charge is -2.09. The van der Waals surface area contributed by atoms with Crippen LogP contribution in [0.25, 0.3) is 0 Å². The number of ether oxygens (including phenoxy) is 3. The molecular weight excluding hydrogens is 270 g/mol. The SMILES string of the molecule is CCOc1ncccc1C(=O)OCc1ccc(OC)cc1. The molecule has 0 amide bonds. The van der Waals surface area contributed by atoms with Gasteiger partial charge in [0.25, 0.3) is 0 Å². The predicted molar refractivity (Wildman–Crippen MR) is 77.5 cm³/mol. The van der Waals surface area contributed by atoms with Gasteiger partial charge in [-0.2, -0.15) is 0 Å². The van der Waals surface area contributed by atoms with Crippen molar-refractivity contribution in [1.29, 1.82) is 0 Å². The van der Waals surface area contributed by atoms with Crippen LogP contribution in [0.2, 0.25) is 0 Å². The summed E-state index contributed by atoms with van der Waals surface area (Å²) < 4.78 is 15.7. The van der Waals surface area contributed by atoms with E-state index in [1.807, 2.05) is 31.2 Å². The lowest BCUT2D eigenvalue weighted by atomic mass is 10.2. The molecule has 21 heavy (non-hydrogen) atoms. The number of nitrogens with zero attached hydrogens (tertiary/aromatic N) is 1. The molecule has 1 heterocycles. The second-order valence-corrected chi connectivity index (χ2v) is 4.21. The van der Waals surface area contributed by atoms with Crippen molar-refractivity contribution in [1.82, 2.24) is 4.98 Å². The number of hydrogen-bond acceptors (Lipinski definition) is 5. The quantitative estimate of drug-likeness (QED) is 0.765. The molecule has 0 saturated heterocycles. The Morgan fingerprint density at radius 1 is 1.19 bits per heavy atom. The summed E-state index contributed by atoms with van der Waals surface area (Å²) in [5, 5.41) is 0. The van der Waals surface area contributed by atoms with Crippen molar-refractivity contribution in [3.8, 4) is 11.6 Å². The van der Waals surface area contributed by atoms with Gasteiger partial charge < -0.3 is 14.2 Å². The molecule has 1 aromatic heterocycles. The number of pyridine rings is 1. The number of esters is 1. The third-order valence-corrected chi connectivity index (χ3v) is 2.80. The van der Waals surface area contributed by atoms with Crippen LogP contribution >= 0.6 is 0 Å². The van der Waals surface area contributed by atoms with E-state index in [0.29, 0.717) is 18.1 Å². The van der Waals surface area contributed by atoms with Crippen LogP contribution in [0.5, 0.6) is 11.6 Å². The Hall–Kier alpha value is -2.56. The molecule has 0 bridgehead atoms. The summed E-state index contributed by atoms with van der Waals surface area (Å²) >= 11 is 0. The standard InChI is InChI=1S/C16H17NO4/c1-3-20-15-14(5-4-10-17-15)16(18)21-11-12-6-8-13(19-2)9-7-12/h4-10H,3,11H2,1-2H3. The molecule has 0 N–H and O–H groups in total. The maximum Gasteiger partial charge on any atom is 0.343 e. The highest BCUT2D eigenvalue weighted by Crippen LogP contribution is 2.17. The fourth-order valence-electron chi connectivity index (χ4n) is 1.75. The van der Waals surface area contributed by atoms with Crippen molar-refractivity contribution < 1.29 is 19.0 Å². The average Bonchev–Trinajstić information content (AvgIpc) is 2.54. The molecule has 5 heteroatoms. The fraction of sp³-hybridized carbons (Fsp3) is 0.250. The van der Waals surface area contributed by atoms with Crippen LogP contribution in [-0.4, -0.2) is 24.7 Å². The molecule has 5 nitrogen and oxygen atoms in total. The number of carbonyl (C=O) groups is 1. The highest BCUT2D eigenvalue weighted by Gasteiger charge is 2.14. The van der Waals surface area contributed by atoms with Gasteiger partial charge in [-0.25, -0.2) is 9.78 Å². The van der Waals surface area contributed by atoms with E-state index in [0.717, 1.165) is 11.3 Å². The first-order valence-electron chi connectivity index (χ1n) is 6.62. The Kier molecular flexibility index (Phi) is 5.15. The summed E-state index contributed by atoms with van der Waals surface area (Å²) in [5.74, 6) is 0.595. The molecule has 0 atom stereocenters. The lowest BCUT2D eigenvalue weighted by Crippen LogP contribution is -2.09. The second-order valence-electron chi connectivity index (χ2n) is 4.21. The zero-order valence-corrected chi connectivity index (χ0v) is 12.0. The number of rotatable bonds is 6. The van der Waals surface area contributed by atoms with Crippen LogP contribution in [0.1, 0.15) is 22.8 Å². The normalized spacial score (nSPS) is 10.0. The van der Waals surface area contributed by atoms with Crippen molar-refractivity contribution >= 4 is 5.97 Å². The third-order valence-electron chi connectivity index (χ3n) is 2.80. The first kappa shape index (κ1) is 14.8. The van der Waals surface area contributed by atoms with E-state index in [2.05, 4.69) is 4.98 Å². The number of methoxy groups -OCH3 is 1. The van der Waals surface area contributed by atoms with Crippen LogP contribution in [0.4, 0.5) is 0 Å². The molecule has 0 aliphatic rings. The van der Waals surface area contributed by atoms with Crippen molar-refractivity contribution in [3.05, 3.63) is 53.7 Å². The highest BCUT2D eigenvalue weighted by atomic mass is 16.5. The largest absolute Gasteiger partial charge is 0.497 e. The number of hydrogen-bond donors (Lipinski definition) is 0. The molecule has 0 radical (unpaired) electrons. The monoisotopic (exact) mass is 287 g/mol. The molecule has 0 aliphatic heterocycles. The number of benzene rings is 1. The highest BCUT2D eigenvalue weighted by molar-refractivity contribution is 5.91. The van der Waals surface area contributed by atoms with Gasteiger partial charge in [0.2, 0.25) is 5.88 Å². The minimum Gasteiger partial charge on any atom is -0.497 e. The van der Waals surface area contributed by atoms with Gasteiger partial charge in [-0.05, 0) is 36.8 Å². The molecular formula is C16H17NO4. The van der Waals surface area contributed by atoms with E-state index >= 15 is 0 Å². The van der Waals surface area contributed by atoms with Crippen LogP contribution in [0.15, 0.2) is 42.6 Å². The zero-order chi connectivity index (χ0) is 15.1. The van der Waals surface area contributed by atoms with Gasteiger partial charge in [-0.15, -0.1) is 0 Å². The maximum atomic E-state index is 12.1. The molecule has 0 spiro atoms. The first-order chi connectivity index (χ1) is 10.2. The third kappa shape index (κ3) is 3.95. The Bertz CT molecular complexity index is 595. The van der Waals surface area contributed by atoms with Crippen LogP contribution in [-0.2, 0) is 11.3 Å². The Morgan fingerprint density at radius 2 is 1.95 bits per heavy atom. The summed E-state index contributed by atoms with van der Waals surface area (Å²) in [7, 11) is 1.60. The average molecular weight is 287 g/mol. The van der Waals surface area contributed by atoms with Crippen molar-refractivity contribution in [2.75, 3.05) is 13.7 Å². The van der Waals surface area contributed by atoms with Gasteiger partial charge in [0.15, 0.2) is 0 Å². The molecule has 2 rings (SSSR count). The Balaban J connectivity index is 2.01. The predicted octanol–water partition coefficient (Wildman–Crippen LogP) is 2.85. The van der Waals surface area contributed by atoms with Gasteiger partial charge in [0.05, 0.1) is 13.7 Å². The van der Waals surface area contributed by atoms with Crippen molar-refractivity contribution in [3.63, 3.8) is 0 Å². The van der Waals surface area contributed by atoms with E-state index < -0.39 is 5.97 Å². The van der Waals surface area contributed by atoms with Gasteiger partial charge in [-0.1, -0.05) is 12.1 Å². The van der Waals surface area contributed by atoms with E-state index in [9.17, 15) is 4.79 Å². The van der Waals surface area contributed by atoms with Crippen molar-refractivity contribution in [2.45, 2.75) is 13.5 Å². The summed E-state index contributed by atoms with van der Waals surface area (Å²) in [4.78, 5) is 16.1. The molecule has 0 fully saturated rings. The zero-order valence-electron chi connectivity index (χ0n) is 12.0. The van der Waals surface area contributed by atoms with Crippen LogP contribution in [0, 0.1) is 0 Å². The molecule has 2 aromatic rings. The summed E-state index contributed by atoms with van der Waals surface area (Å²) in [6.07, 6.45) is 1.57. The van der Waals surface area contributed by atoms with E-state index in [1.165, 1.54) is 0 Å². The van der Waals surface area contributed by atoms with E-state index in [1.54, 1.807) is 25.4 Å². The lowest BCUT2D eigenvalue weighted by molar-refractivity contribution is 0.0467. The minimum absolute atomic E-state index is 0.184. The molecule has 0 aliphatic carbocycles. The molecule has 110 valence electrons. The summed E-state index contributed by atoms with van der Waals surface area (Å²) in [5.41, 5.74) is 1.21.